The van der Waals surface area contributed by atoms with Gasteiger partial charge in [0.15, 0.2) is 17.3 Å². The van der Waals surface area contributed by atoms with Crippen LogP contribution < -0.4 is 9.47 Å². The van der Waals surface area contributed by atoms with Gasteiger partial charge in [0, 0.05) is 9.89 Å². The Morgan fingerprint density at radius 1 is 1.04 bits per heavy atom. The summed E-state index contributed by atoms with van der Waals surface area (Å²) in [6.45, 7) is 8.79. The van der Waals surface area contributed by atoms with Gasteiger partial charge in [-0.15, -0.1) is 0 Å². The highest BCUT2D eigenvalue weighted by atomic mass is 79.9. The standard InChI is InChI=1S/C23H29BrO3/c1-14-8-9-19-22(2,3)10-7-11-23(19,4)20(21(14)25)15-12-17(26-5)18(27-6)13-16(15)24/h8-9,12-13,20H,7,10-11H2,1-6H3/t20-,23+/m1/s1. The van der Waals surface area contributed by atoms with E-state index in [1.165, 1.54) is 5.57 Å². The number of rotatable bonds is 3. The molecule has 0 aromatic heterocycles. The van der Waals surface area contributed by atoms with Crippen molar-refractivity contribution in [1.29, 1.82) is 0 Å². The van der Waals surface area contributed by atoms with E-state index in [4.69, 9.17) is 9.47 Å². The zero-order chi connectivity index (χ0) is 20.0. The first-order valence-electron chi connectivity index (χ1n) is 9.51. The minimum absolute atomic E-state index is 0.0791. The maximum absolute atomic E-state index is 13.5. The molecule has 1 saturated carbocycles. The quantitative estimate of drug-likeness (QED) is 0.568. The van der Waals surface area contributed by atoms with Crippen molar-refractivity contribution < 1.29 is 14.3 Å². The van der Waals surface area contributed by atoms with E-state index in [0.29, 0.717) is 11.5 Å². The Bertz CT molecular complexity index is 834. The molecule has 2 atom stereocenters. The number of fused-ring (bicyclic) bond motifs is 1. The lowest BCUT2D eigenvalue weighted by Crippen LogP contribution is -2.41. The van der Waals surface area contributed by atoms with Gasteiger partial charge >= 0.3 is 0 Å². The smallest absolute Gasteiger partial charge is 0.166 e. The molecule has 4 heteroatoms. The molecule has 0 aliphatic heterocycles. The third kappa shape index (κ3) is 3.26. The number of halogens is 1. The van der Waals surface area contributed by atoms with Crippen LogP contribution in [-0.4, -0.2) is 20.0 Å². The lowest BCUT2D eigenvalue weighted by molar-refractivity contribution is -0.119. The molecule has 0 N–H and O–H groups in total. The summed E-state index contributed by atoms with van der Waals surface area (Å²) in [4.78, 5) is 13.5. The van der Waals surface area contributed by atoms with Crippen molar-refractivity contribution in [2.24, 2.45) is 10.8 Å². The maximum atomic E-state index is 13.5. The molecular weight excluding hydrogens is 404 g/mol. The number of methoxy groups -OCH3 is 2. The Hall–Kier alpha value is -1.55. The van der Waals surface area contributed by atoms with Gasteiger partial charge < -0.3 is 9.47 Å². The van der Waals surface area contributed by atoms with Crippen LogP contribution >= 0.6 is 15.9 Å². The van der Waals surface area contributed by atoms with Crippen LogP contribution in [0.15, 0.2) is 39.9 Å². The fraction of sp³-hybridized carbons (Fsp3) is 0.522. The molecule has 0 unspecified atom stereocenters. The molecule has 3 rings (SSSR count). The Labute approximate surface area is 171 Å². The van der Waals surface area contributed by atoms with E-state index < -0.39 is 0 Å². The molecular formula is C23H29BrO3. The molecule has 0 amide bonds. The molecule has 2 aliphatic rings. The second-order valence-corrected chi connectivity index (χ2v) is 9.47. The zero-order valence-electron chi connectivity index (χ0n) is 17.1. The third-order valence-electron chi connectivity index (χ3n) is 6.44. The first kappa shape index (κ1) is 20.2. The van der Waals surface area contributed by atoms with Crippen LogP contribution in [0, 0.1) is 10.8 Å². The highest BCUT2D eigenvalue weighted by Crippen LogP contribution is 2.59. The Morgan fingerprint density at radius 2 is 1.67 bits per heavy atom. The molecule has 1 aromatic carbocycles. The van der Waals surface area contributed by atoms with Crippen molar-refractivity contribution in [3.8, 4) is 11.5 Å². The van der Waals surface area contributed by atoms with Crippen LogP contribution in [0.2, 0.25) is 0 Å². The van der Waals surface area contributed by atoms with Gasteiger partial charge in [0.05, 0.1) is 20.1 Å². The lowest BCUT2D eigenvalue weighted by Gasteiger charge is -2.49. The Morgan fingerprint density at radius 3 is 2.30 bits per heavy atom. The number of carbonyl (C=O) groups excluding carboxylic acids is 1. The second-order valence-electron chi connectivity index (χ2n) is 8.61. The number of hydrogen-bond acceptors (Lipinski definition) is 3. The van der Waals surface area contributed by atoms with Crippen molar-refractivity contribution >= 4 is 21.7 Å². The second kappa shape index (κ2) is 7.12. The number of ketones is 1. The van der Waals surface area contributed by atoms with Gasteiger partial charge in [-0.2, -0.15) is 0 Å². The van der Waals surface area contributed by atoms with E-state index in [9.17, 15) is 4.79 Å². The van der Waals surface area contributed by atoms with E-state index in [1.54, 1.807) is 14.2 Å². The summed E-state index contributed by atoms with van der Waals surface area (Å²) >= 11 is 3.70. The minimum Gasteiger partial charge on any atom is -0.493 e. The van der Waals surface area contributed by atoms with Gasteiger partial charge in [-0.1, -0.05) is 60.8 Å². The first-order valence-corrected chi connectivity index (χ1v) is 10.3. The zero-order valence-corrected chi connectivity index (χ0v) is 18.7. The topological polar surface area (TPSA) is 35.5 Å². The highest BCUT2D eigenvalue weighted by Gasteiger charge is 2.50. The van der Waals surface area contributed by atoms with Gasteiger partial charge in [0.2, 0.25) is 0 Å². The molecule has 0 heterocycles. The van der Waals surface area contributed by atoms with Gasteiger partial charge in [-0.3, -0.25) is 4.79 Å². The van der Waals surface area contributed by atoms with Crippen LogP contribution in [0.5, 0.6) is 11.5 Å². The number of allylic oxidation sites excluding steroid dienone is 4. The van der Waals surface area contributed by atoms with Crippen molar-refractivity contribution in [3.05, 3.63) is 45.5 Å². The Kier molecular flexibility index (Phi) is 5.33. The number of ether oxygens (including phenoxy) is 2. The van der Waals surface area contributed by atoms with Crippen molar-refractivity contribution in [2.45, 2.75) is 52.9 Å². The fourth-order valence-corrected chi connectivity index (χ4v) is 5.59. The molecule has 1 aromatic rings. The summed E-state index contributed by atoms with van der Waals surface area (Å²) in [5.74, 6) is 1.25. The molecule has 0 bridgehead atoms. The largest absolute Gasteiger partial charge is 0.493 e. The normalized spacial score (nSPS) is 27.2. The maximum Gasteiger partial charge on any atom is 0.166 e. The fourth-order valence-electron chi connectivity index (χ4n) is 5.04. The number of Topliss-reactive ketones (excluding diaryl/α,β-unsaturated/α-hetero) is 1. The molecule has 3 nitrogen and oxygen atoms in total. The molecule has 0 spiro atoms. The summed E-state index contributed by atoms with van der Waals surface area (Å²) in [6.07, 6.45) is 7.49. The molecule has 2 aliphatic carbocycles. The molecule has 146 valence electrons. The van der Waals surface area contributed by atoms with E-state index in [1.807, 2.05) is 25.1 Å². The predicted octanol–water partition coefficient (Wildman–Crippen LogP) is 6.22. The molecule has 27 heavy (non-hydrogen) atoms. The SMILES string of the molecule is COc1cc(Br)c([C@@H]2C(=O)C(C)=CC=C3C(C)(C)CCC[C@@]32C)cc1OC. The minimum atomic E-state index is -0.253. The van der Waals surface area contributed by atoms with E-state index in [0.717, 1.165) is 34.9 Å². The summed E-state index contributed by atoms with van der Waals surface area (Å²) in [5.41, 5.74) is 3.00. The van der Waals surface area contributed by atoms with Crippen LogP contribution in [0.3, 0.4) is 0 Å². The van der Waals surface area contributed by atoms with Gasteiger partial charge in [0.1, 0.15) is 0 Å². The average Bonchev–Trinajstić information content (AvgIpc) is 2.70. The average molecular weight is 433 g/mol. The van der Waals surface area contributed by atoms with Gasteiger partial charge in [0.25, 0.3) is 0 Å². The highest BCUT2D eigenvalue weighted by molar-refractivity contribution is 9.10. The number of hydrogen-bond donors (Lipinski definition) is 0. The van der Waals surface area contributed by atoms with Crippen LogP contribution in [0.4, 0.5) is 0 Å². The van der Waals surface area contributed by atoms with Crippen molar-refractivity contribution in [2.75, 3.05) is 14.2 Å². The van der Waals surface area contributed by atoms with E-state index in [2.05, 4.69) is 42.8 Å². The van der Waals surface area contributed by atoms with Crippen molar-refractivity contribution in [3.63, 3.8) is 0 Å². The van der Waals surface area contributed by atoms with Gasteiger partial charge in [-0.25, -0.2) is 0 Å². The van der Waals surface area contributed by atoms with Gasteiger partial charge in [-0.05, 0) is 48.4 Å². The summed E-state index contributed by atoms with van der Waals surface area (Å²) in [5, 5.41) is 0. The van der Waals surface area contributed by atoms with Crippen LogP contribution in [-0.2, 0) is 4.79 Å². The van der Waals surface area contributed by atoms with E-state index in [-0.39, 0.29) is 22.5 Å². The summed E-state index contributed by atoms with van der Waals surface area (Å²) in [6, 6.07) is 3.88. The van der Waals surface area contributed by atoms with E-state index >= 15 is 0 Å². The van der Waals surface area contributed by atoms with Crippen LogP contribution in [0.25, 0.3) is 0 Å². The monoisotopic (exact) mass is 432 g/mol. The summed E-state index contributed by atoms with van der Waals surface area (Å²) < 4.78 is 11.9. The lowest BCUT2D eigenvalue weighted by atomic mass is 9.54. The molecule has 0 radical (unpaired) electrons. The third-order valence-corrected chi connectivity index (χ3v) is 7.13. The van der Waals surface area contributed by atoms with Crippen molar-refractivity contribution in [1.82, 2.24) is 0 Å². The molecule has 1 fully saturated rings. The summed E-state index contributed by atoms with van der Waals surface area (Å²) in [7, 11) is 3.26. The first-order chi connectivity index (χ1) is 12.7. The predicted molar refractivity (Wildman–Crippen MR) is 113 cm³/mol. The van der Waals surface area contributed by atoms with Crippen LogP contribution in [0.1, 0.15) is 58.4 Å². The Balaban J connectivity index is 2.25. The molecule has 0 saturated heterocycles. The number of carbonyl (C=O) groups is 1. The number of benzene rings is 1.